The summed E-state index contributed by atoms with van der Waals surface area (Å²) in [5.41, 5.74) is 3.81. The van der Waals surface area contributed by atoms with Gasteiger partial charge in [-0.25, -0.2) is 4.98 Å². The molecule has 0 radical (unpaired) electrons. The summed E-state index contributed by atoms with van der Waals surface area (Å²) in [7, 11) is 0. The van der Waals surface area contributed by atoms with Crippen LogP contribution >= 0.6 is 11.3 Å². The van der Waals surface area contributed by atoms with E-state index in [4.69, 9.17) is 4.74 Å². The molecule has 2 aliphatic rings. The number of aromatic nitrogens is 1. The van der Waals surface area contributed by atoms with Crippen LogP contribution in [-0.4, -0.2) is 33.0 Å². The van der Waals surface area contributed by atoms with Gasteiger partial charge in [-0.3, -0.25) is 14.5 Å². The van der Waals surface area contributed by atoms with Crippen LogP contribution in [0.15, 0.2) is 66.2 Å². The number of aryl methyl sites for hydroxylation is 1. The van der Waals surface area contributed by atoms with Gasteiger partial charge in [0.2, 0.25) is 0 Å². The van der Waals surface area contributed by atoms with E-state index >= 15 is 0 Å². The van der Waals surface area contributed by atoms with E-state index in [2.05, 4.69) is 11.9 Å². The van der Waals surface area contributed by atoms with Crippen molar-refractivity contribution < 1.29 is 24.5 Å². The molecule has 7 nitrogen and oxygen atoms in total. The van der Waals surface area contributed by atoms with E-state index in [1.807, 2.05) is 25.1 Å². The summed E-state index contributed by atoms with van der Waals surface area (Å²) in [4.78, 5) is 32.9. The minimum atomic E-state index is -0.907. The third-order valence-corrected chi connectivity index (χ3v) is 7.90. The van der Waals surface area contributed by atoms with Crippen molar-refractivity contribution in [2.45, 2.75) is 38.8 Å². The molecule has 2 N–H and O–H groups in total. The van der Waals surface area contributed by atoms with E-state index in [-0.39, 0.29) is 23.2 Å². The molecule has 1 aromatic heterocycles. The second-order valence-corrected chi connectivity index (χ2v) is 10.4. The van der Waals surface area contributed by atoms with Crippen molar-refractivity contribution in [1.29, 1.82) is 0 Å². The van der Waals surface area contributed by atoms with E-state index < -0.39 is 17.7 Å². The molecule has 2 atom stereocenters. The lowest BCUT2D eigenvalue weighted by atomic mass is 9.94. The first kappa shape index (κ1) is 23.2. The van der Waals surface area contributed by atoms with Crippen molar-refractivity contribution in [1.82, 2.24) is 4.98 Å². The van der Waals surface area contributed by atoms with Crippen LogP contribution in [0.5, 0.6) is 11.5 Å². The normalized spacial score (nSPS) is 20.4. The highest BCUT2D eigenvalue weighted by Gasteiger charge is 2.48. The molecule has 0 saturated carbocycles. The molecule has 186 valence electrons. The maximum atomic E-state index is 13.5. The van der Waals surface area contributed by atoms with Crippen LogP contribution in [0.1, 0.15) is 42.1 Å². The Balaban J connectivity index is 1.52. The summed E-state index contributed by atoms with van der Waals surface area (Å²) in [6.45, 7) is 4.04. The number of anilines is 1. The fraction of sp³-hybridized carbons (Fsp3) is 0.207. The molecule has 2 unspecified atom stereocenters. The molecule has 4 aromatic rings. The molecule has 0 aliphatic carbocycles. The van der Waals surface area contributed by atoms with E-state index in [0.717, 1.165) is 33.5 Å². The van der Waals surface area contributed by atoms with Crippen LogP contribution in [-0.2, 0) is 22.4 Å². The molecule has 1 saturated heterocycles. The number of carbonyl (C=O) groups excluding carboxylic acids is 2. The zero-order valence-corrected chi connectivity index (χ0v) is 21.1. The number of rotatable bonds is 4. The number of hydrogen-bond donors (Lipinski definition) is 2. The van der Waals surface area contributed by atoms with Gasteiger partial charge < -0.3 is 14.9 Å². The zero-order valence-electron chi connectivity index (χ0n) is 20.3. The van der Waals surface area contributed by atoms with Crippen LogP contribution in [0.2, 0.25) is 0 Å². The number of hydrogen-bond acceptors (Lipinski definition) is 7. The number of aliphatic hydroxyl groups is 1. The number of benzene rings is 3. The fourth-order valence-electron chi connectivity index (χ4n) is 5.01. The molecule has 8 heteroatoms. The topological polar surface area (TPSA) is 100.0 Å². The lowest BCUT2D eigenvalue weighted by molar-refractivity contribution is -0.132. The smallest absolute Gasteiger partial charge is 0.301 e. The molecule has 0 spiro atoms. The Morgan fingerprint density at radius 2 is 1.89 bits per heavy atom. The van der Waals surface area contributed by atoms with Crippen molar-refractivity contribution >= 4 is 44.1 Å². The number of carbonyl (C=O) groups is 2. The number of phenols is 1. The Kier molecular flexibility index (Phi) is 5.49. The predicted molar refractivity (Wildman–Crippen MR) is 142 cm³/mol. The van der Waals surface area contributed by atoms with Crippen LogP contribution in [0, 0.1) is 0 Å². The monoisotopic (exact) mass is 512 g/mol. The van der Waals surface area contributed by atoms with Crippen molar-refractivity contribution in [3.63, 3.8) is 0 Å². The Morgan fingerprint density at radius 1 is 1.11 bits per heavy atom. The zero-order chi connectivity index (χ0) is 25.8. The summed E-state index contributed by atoms with van der Waals surface area (Å²) in [5.74, 6) is -0.988. The summed E-state index contributed by atoms with van der Waals surface area (Å²) in [5, 5.41) is 21.7. The highest BCUT2D eigenvalue weighted by Crippen LogP contribution is 2.45. The van der Waals surface area contributed by atoms with Gasteiger partial charge in [0, 0.05) is 12.0 Å². The summed E-state index contributed by atoms with van der Waals surface area (Å²) in [6.07, 6.45) is 1.59. The second-order valence-electron chi connectivity index (χ2n) is 9.37. The molecule has 6 rings (SSSR count). The molecule has 0 bridgehead atoms. The Bertz CT molecular complexity index is 1600. The van der Waals surface area contributed by atoms with Crippen molar-refractivity contribution in [3.8, 4) is 11.5 Å². The maximum absolute atomic E-state index is 13.5. The van der Waals surface area contributed by atoms with Gasteiger partial charge in [0.05, 0.1) is 21.8 Å². The summed E-state index contributed by atoms with van der Waals surface area (Å²) >= 11 is 1.33. The van der Waals surface area contributed by atoms with Crippen molar-refractivity contribution in [3.05, 3.63) is 88.5 Å². The molecule has 2 aliphatic heterocycles. The van der Waals surface area contributed by atoms with Gasteiger partial charge in [-0.1, -0.05) is 36.5 Å². The average Bonchev–Trinajstić information content (AvgIpc) is 3.55. The first-order valence-electron chi connectivity index (χ1n) is 12.1. The lowest BCUT2D eigenvalue weighted by Gasteiger charge is -2.23. The molecule has 1 fully saturated rings. The number of amides is 1. The lowest BCUT2D eigenvalue weighted by Crippen LogP contribution is -2.29. The Morgan fingerprint density at radius 3 is 2.65 bits per heavy atom. The first-order valence-corrected chi connectivity index (χ1v) is 12.9. The second kappa shape index (κ2) is 8.74. The van der Waals surface area contributed by atoms with E-state index in [9.17, 15) is 19.8 Å². The number of aliphatic hydroxyl groups excluding tert-OH is 1. The maximum Gasteiger partial charge on any atom is 0.301 e. The largest absolute Gasteiger partial charge is 0.508 e. The molecular formula is C29H24N2O5S. The SMILES string of the molecule is CCc1ccc2nc(N3C(=O)C(=O)/C(=C(/O)c4ccc5c(c4)CC(C)O5)C3c3ccc(O)cc3)sc2c1. The number of phenolic OH excluding ortho intramolecular Hbond substituents is 1. The van der Waals surface area contributed by atoms with Gasteiger partial charge in [0.1, 0.15) is 23.4 Å². The first-order chi connectivity index (χ1) is 17.8. The van der Waals surface area contributed by atoms with E-state index in [1.54, 1.807) is 30.3 Å². The molecule has 1 amide bonds. The van der Waals surface area contributed by atoms with Gasteiger partial charge in [0.15, 0.2) is 5.13 Å². The van der Waals surface area contributed by atoms with E-state index in [0.29, 0.717) is 22.7 Å². The van der Waals surface area contributed by atoms with Crippen molar-refractivity contribution in [2.24, 2.45) is 0 Å². The standard InChI is InChI=1S/C29H24N2O5S/c1-3-16-4-10-21-23(13-16)37-29(30-21)31-25(17-5-8-20(32)9-6-17)24(27(34)28(31)35)26(33)18-7-11-22-19(14-18)12-15(2)36-22/h4-11,13-15,25,32-33H,3,12H2,1-2H3/b26-24+. The number of nitrogens with zero attached hydrogens (tertiary/aromatic N) is 2. The third kappa shape index (κ3) is 3.84. The third-order valence-electron chi connectivity index (χ3n) is 6.88. The summed E-state index contributed by atoms with van der Waals surface area (Å²) in [6, 6.07) is 16.6. The number of thiazole rings is 1. The highest BCUT2D eigenvalue weighted by atomic mass is 32.1. The average molecular weight is 513 g/mol. The number of fused-ring (bicyclic) bond motifs is 2. The summed E-state index contributed by atoms with van der Waals surface area (Å²) < 4.78 is 6.68. The number of ether oxygens (including phenoxy) is 1. The van der Waals surface area contributed by atoms with Gasteiger partial charge in [-0.2, -0.15) is 0 Å². The number of Topliss-reactive ketones (excluding diaryl/α,β-unsaturated/α-hetero) is 1. The fourth-order valence-corrected chi connectivity index (χ4v) is 6.06. The molecule has 3 aromatic carbocycles. The number of ketones is 1. The Labute approximate surface area is 217 Å². The van der Waals surface area contributed by atoms with Crippen LogP contribution in [0.25, 0.3) is 16.0 Å². The molecular weight excluding hydrogens is 488 g/mol. The van der Waals surface area contributed by atoms with Gasteiger partial charge in [0.25, 0.3) is 5.78 Å². The van der Waals surface area contributed by atoms with Gasteiger partial charge >= 0.3 is 5.91 Å². The van der Waals surface area contributed by atoms with Crippen LogP contribution < -0.4 is 9.64 Å². The van der Waals surface area contributed by atoms with Gasteiger partial charge in [-0.05, 0) is 72.5 Å². The van der Waals surface area contributed by atoms with Gasteiger partial charge in [-0.15, -0.1) is 0 Å². The minimum absolute atomic E-state index is 0.0175. The molecule has 37 heavy (non-hydrogen) atoms. The van der Waals surface area contributed by atoms with E-state index in [1.165, 1.54) is 28.4 Å². The van der Waals surface area contributed by atoms with Crippen LogP contribution in [0.3, 0.4) is 0 Å². The van der Waals surface area contributed by atoms with Crippen LogP contribution in [0.4, 0.5) is 5.13 Å². The number of aromatic hydroxyl groups is 1. The Hall–Kier alpha value is -4.17. The molecule has 3 heterocycles. The van der Waals surface area contributed by atoms with Crippen molar-refractivity contribution in [2.75, 3.05) is 4.90 Å². The minimum Gasteiger partial charge on any atom is -0.508 e. The quantitative estimate of drug-likeness (QED) is 0.212. The predicted octanol–water partition coefficient (Wildman–Crippen LogP) is 5.51. The highest BCUT2D eigenvalue weighted by molar-refractivity contribution is 7.22.